The second-order valence-corrected chi connectivity index (χ2v) is 5.08. The first-order valence-electron chi connectivity index (χ1n) is 5.29. The lowest BCUT2D eigenvalue weighted by Gasteiger charge is -2.17. The summed E-state index contributed by atoms with van der Waals surface area (Å²) >= 11 is 1.96. The van der Waals surface area contributed by atoms with Gasteiger partial charge in [-0.2, -0.15) is 0 Å². The van der Waals surface area contributed by atoms with E-state index in [9.17, 15) is 9.18 Å². The monoisotopic (exact) mass is 359 g/mol. The standard InChI is InChI=1S/C13H11FINO2/c1-16(7-9-4-5-18-8-9)13(17)11-3-2-10(14)6-12(11)15/h2-6,8H,7H2,1H3. The quantitative estimate of drug-likeness (QED) is 0.788. The van der Waals surface area contributed by atoms with Gasteiger partial charge in [-0.15, -0.1) is 0 Å². The molecule has 5 heteroatoms. The van der Waals surface area contributed by atoms with Gasteiger partial charge in [-0.1, -0.05) is 0 Å². The number of furan rings is 1. The van der Waals surface area contributed by atoms with E-state index >= 15 is 0 Å². The predicted molar refractivity (Wildman–Crippen MR) is 73.6 cm³/mol. The molecule has 0 aliphatic carbocycles. The molecule has 0 radical (unpaired) electrons. The molecule has 0 aliphatic rings. The first-order valence-corrected chi connectivity index (χ1v) is 6.37. The molecule has 2 aromatic rings. The minimum atomic E-state index is -0.339. The highest BCUT2D eigenvalue weighted by Crippen LogP contribution is 2.16. The molecule has 0 spiro atoms. The van der Waals surface area contributed by atoms with Crippen LogP contribution in [0.25, 0.3) is 0 Å². The van der Waals surface area contributed by atoms with Crippen molar-refractivity contribution in [3.63, 3.8) is 0 Å². The smallest absolute Gasteiger partial charge is 0.254 e. The number of carbonyl (C=O) groups is 1. The van der Waals surface area contributed by atoms with E-state index < -0.39 is 0 Å². The van der Waals surface area contributed by atoms with Gasteiger partial charge in [0, 0.05) is 22.7 Å². The average Bonchev–Trinajstić information content (AvgIpc) is 2.81. The maximum absolute atomic E-state index is 13.0. The maximum Gasteiger partial charge on any atom is 0.254 e. The molecule has 0 saturated carbocycles. The Labute approximate surface area is 118 Å². The average molecular weight is 359 g/mol. The van der Waals surface area contributed by atoms with Crippen LogP contribution in [0, 0.1) is 9.39 Å². The van der Waals surface area contributed by atoms with Crippen LogP contribution in [0.3, 0.4) is 0 Å². The fourth-order valence-electron chi connectivity index (χ4n) is 1.60. The molecule has 0 saturated heterocycles. The van der Waals surface area contributed by atoms with Crippen LogP contribution in [0.15, 0.2) is 41.2 Å². The van der Waals surface area contributed by atoms with Gasteiger partial charge in [-0.05, 0) is 46.9 Å². The molecule has 2 rings (SSSR count). The number of hydrogen-bond acceptors (Lipinski definition) is 2. The number of halogens is 2. The molecule has 1 aromatic heterocycles. The van der Waals surface area contributed by atoms with Crippen molar-refractivity contribution in [3.05, 3.63) is 57.3 Å². The Morgan fingerprint density at radius 3 is 2.83 bits per heavy atom. The molecule has 1 heterocycles. The summed E-state index contributed by atoms with van der Waals surface area (Å²) in [5.41, 5.74) is 1.42. The Balaban J connectivity index is 2.15. The maximum atomic E-state index is 13.0. The third-order valence-electron chi connectivity index (χ3n) is 2.51. The van der Waals surface area contributed by atoms with Gasteiger partial charge in [0.05, 0.1) is 18.1 Å². The van der Waals surface area contributed by atoms with Gasteiger partial charge >= 0.3 is 0 Å². The lowest BCUT2D eigenvalue weighted by atomic mass is 10.2. The summed E-state index contributed by atoms with van der Waals surface area (Å²) in [5.74, 6) is -0.478. The van der Waals surface area contributed by atoms with Crippen LogP contribution in [-0.2, 0) is 6.54 Å². The Bertz CT molecular complexity index is 554. The van der Waals surface area contributed by atoms with Crippen LogP contribution in [0.2, 0.25) is 0 Å². The van der Waals surface area contributed by atoms with E-state index in [0.29, 0.717) is 15.7 Å². The van der Waals surface area contributed by atoms with Crippen LogP contribution >= 0.6 is 22.6 Å². The Morgan fingerprint density at radius 2 is 2.22 bits per heavy atom. The zero-order valence-electron chi connectivity index (χ0n) is 9.69. The van der Waals surface area contributed by atoms with Gasteiger partial charge in [0.15, 0.2) is 0 Å². The second kappa shape index (κ2) is 5.51. The third kappa shape index (κ3) is 2.90. The highest BCUT2D eigenvalue weighted by atomic mass is 127. The number of benzene rings is 1. The third-order valence-corrected chi connectivity index (χ3v) is 3.40. The summed E-state index contributed by atoms with van der Waals surface area (Å²) in [6, 6.07) is 5.95. The summed E-state index contributed by atoms with van der Waals surface area (Å²) < 4.78 is 18.5. The lowest BCUT2D eigenvalue weighted by Crippen LogP contribution is -2.26. The number of hydrogen-bond donors (Lipinski definition) is 0. The first kappa shape index (κ1) is 13.1. The summed E-state index contributed by atoms with van der Waals surface area (Å²) in [7, 11) is 1.70. The van der Waals surface area contributed by atoms with E-state index in [2.05, 4.69) is 0 Å². The Hall–Kier alpha value is -1.37. The minimum Gasteiger partial charge on any atom is -0.472 e. The summed E-state index contributed by atoms with van der Waals surface area (Å²) in [6.45, 7) is 0.461. The molecule has 0 N–H and O–H groups in total. The van der Waals surface area contributed by atoms with E-state index in [-0.39, 0.29) is 11.7 Å². The molecular weight excluding hydrogens is 348 g/mol. The fraction of sp³-hybridized carbons (Fsp3) is 0.154. The molecule has 1 aromatic carbocycles. The fourth-order valence-corrected chi connectivity index (χ4v) is 2.30. The molecule has 0 bridgehead atoms. The number of nitrogens with zero attached hydrogens (tertiary/aromatic N) is 1. The van der Waals surface area contributed by atoms with Gasteiger partial charge in [0.1, 0.15) is 5.82 Å². The van der Waals surface area contributed by atoms with E-state index in [0.717, 1.165) is 5.56 Å². The summed E-state index contributed by atoms with van der Waals surface area (Å²) in [5, 5.41) is 0. The van der Waals surface area contributed by atoms with Crippen LogP contribution in [0.1, 0.15) is 15.9 Å². The molecule has 94 valence electrons. The van der Waals surface area contributed by atoms with Crippen molar-refractivity contribution >= 4 is 28.5 Å². The van der Waals surface area contributed by atoms with Gasteiger partial charge < -0.3 is 9.32 Å². The molecule has 0 aliphatic heterocycles. The van der Waals surface area contributed by atoms with Crippen LogP contribution in [0.5, 0.6) is 0 Å². The zero-order chi connectivity index (χ0) is 13.1. The summed E-state index contributed by atoms with van der Waals surface area (Å²) in [6.07, 6.45) is 3.16. The first-order chi connectivity index (χ1) is 8.58. The van der Waals surface area contributed by atoms with Crippen molar-refractivity contribution in [1.82, 2.24) is 4.90 Å². The largest absolute Gasteiger partial charge is 0.472 e. The zero-order valence-corrected chi connectivity index (χ0v) is 11.8. The molecule has 0 atom stereocenters. The number of rotatable bonds is 3. The van der Waals surface area contributed by atoms with Gasteiger partial charge in [-0.3, -0.25) is 4.79 Å². The highest BCUT2D eigenvalue weighted by molar-refractivity contribution is 14.1. The molecule has 1 amide bonds. The minimum absolute atomic E-state index is 0.138. The van der Waals surface area contributed by atoms with Gasteiger partial charge in [-0.25, -0.2) is 4.39 Å². The molecular formula is C13H11FINO2. The molecule has 0 unspecified atom stereocenters. The predicted octanol–water partition coefficient (Wildman–Crippen LogP) is 3.30. The van der Waals surface area contributed by atoms with Crippen LogP contribution in [0.4, 0.5) is 4.39 Å². The van der Waals surface area contributed by atoms with Crippen molar-refractivity contribution in [2.24, 2.45) is 0 Å². The topological polar surface area (TPSA) is 33.5 Å². The van der Waals surface area contributed by atoms with E-state index in [1.54, 1.807) is 30.5 Å². The lowest BCUT2D eigenvalue weighted by molar-refractivity contribution is 0.0784. The van der Waals surface area contributed by atoms with Crippen LogP contribution in [-0.4, -0.2) is 17.9 Å². The van der Waals surface area contributed by atoms with Gasteiger partial charge in [0.25, 0.3) is 5.91 Å². The van der Waals surface area contributed by atoms with E-state index in [1.807, 2.05) is 22.6 Å². The van der Waals surface area contributed by atoms with E-state index in [1.165, 1.54) is 18.2 Å². The number of amides is 1. The Morgan fingerprint density at radius 1 is 1.44 bits per heavy atom. The van der Waals surface area contributed by atoms with Crippen LogP contribution < -0.4 is 0 Å². The van der Waals surface area contributed by atoms with Gasteiger partial charge in [0.2, 0.25) is 0 Å². The van der Waals surface area contributed by atoms with Crippen molar-refractivity contribution in [2.45, 2.75) is 6.54 Å². The Kier molecular flexibility index (Phi) is 4.00. The summed E-state index contributed by atoms with van der Waals surface area (Å²) in [4.78, 5) is 13.7. The SMILES string of the molecule is CN(Cc1ccoc1)C(=O)c1ccc(F)cc1I. The number of carbonyl (C=O) groups excluding carboxylic acids is 1. The molecule has 18 heavy (non-hydrogen) atoms. The molecule has 3 nitrogen and oxygen atoms in total. The van der Waals surface area contributed by atoms with Crippen molar-refractivity contribution in [1.29, 1.82) is 0 Å². The van der Waals surface area contributed by atoms with E-state index in [4.69, 9.17) is 4.42 Å². The second-order valence-electron chi connectivity index (χ2n) is 3.92. The normalized spacial score (nSPS) is 10.4. The van der Waals surface area contributed by atoms with Crippen molar-refractivity contribution < 1.29 is 13.6 Å². The highest BCUT2D eigenvalue weighted by Gasteiger charge is 2.15. The van der Waals surface area contributed by atoms with Crippen molar-refractivity contribution in [3.8, 4) is 0 Å². The molecule has 0 fully saturated rings. The van der Waals surface area contributed by atoms with Crippen molar-refractivity contribution in [2.75, 3.05) is 7.05 Å².